The fraction of sp³-hybridized carbons (Fsp3) is 0.529. The second-order valence-electron chi connectivity index (χ2n) is 5.35. The van der Waals surface area contributed by atoms with E-state index in [0.29, 0.717) is 25.3 Å². The molecule has 122 valence electrons. The molecule has 0 radical (unpaired) electrons. The zero-order valence-corrected chi connectivity index (χ0v) is 13.7. The highest BCUT2D eigenvalue weighted by Gasteiger charge is 2.13. The van der Waals surface area contributed by atoms with Gasteiger partial charge in [-0.05, 0) is 38.3 Å². The van der Waals surface area contributed by atoms with Crippen molar-refractivity contribution < 1.29 is 14.3 Å². The fourth-order valence-electron chi connectivity index (χ4n) is 1.94. The van der Waals surface area contributed by atoms with E-state index in [1.54, 1.807) is 6.07 Å². The Morgan fingerprint density at radius 3 is 2.50 bits per heavy atom. The lowest BCUT2D eigenvalue weighted by Crippen LogP contribution is -2.36. The third-order valence-corrected chi connectivity index (χ3v) is 3.23. The van der Waals surface area contributed by atoms with Crippen molar-refractivity contribution in [2.75, 3.05) is 25.1 Å². The number of hydrogen-bond acceptors (Lipinski definition) is 3. The third kappa shape index (κ3) is 6.72. The monoisotopic (exact) mass is 306 g/mol. The maximum Gasteiger partial charge on any atom is 0.313 e. The van der Waals surface area contributed by atoms with Crippen molar-refractivity contribution in [2.24, 2.45) is 0 Å². The maximum atomic E-state index is 11.8. The lowest BCUT2D eigenvalue weighted by molar-refractivity contribution is -0.136. The Labute approximate surface area is 132 Å². The number of carbonyl (C=O) groups excluding carboxylic acids is 2. The summed E-state index contributed by atoms with van der Waals surface area (Å²) < 4.78 is 5.39. The van der Waals surface area contributed by atoms with Crippen molar-refractivity contribution in [1.29, 1.82) is 0 Å². The summed E-state index contributed by atoms with van der Waals surface area (Å²) in [4.78, 5) is 23.5. The highest BCUT2D eigenvalue weighted by atomic mass is 16.5. The molecular formula is C17H26N2O3. The number of carbonyl (C=O) groups is 2. The molecule has 2 N–H and O–H groups in total. The van der Waals surface area contributed by atoms with Crippen LogP contribution in [0, 0.1) is 13.8 Å². The Morgan fingerprint density at radius 2 is 1.82 bits per heavy atom. The molecule has 0 aliphatic carbocycles. The molecule has 0 saturated heterocycles. The molecule has 0 saturated carbocycles. The number of aryl methyl sites for hydroxylation is 2. The van der Waals surface area contributed by atoms with Gasteiger partial charge in [0, 0.05) is 25.4 Å². The van der Waals surface area contributed by atoms with Gasteiger partial charge in [0.25, 0.3) is 0 Å². The minimum absolute atomic E-state index is 0.436. The van der Waals surface area contributed by atoms with Crippen molar-refractivity contribution in [3.63, 3.8) is 0 Å². The molecule has 5 heteroatoms. The van der Waals surface area contributed by atoms with E-state index in [2.05, 4.69) is 17.6 Å². The molecule has 0 heterocycles. The van der Waals surface area contributed by atoms with E-state index >= 15 is 0 Å². The highest BCUT2D eigenvalue weighted by molar-refractivity contribution is 6.39. The van der Waals surface area contributed by atoms with Gasteiger partial charge in [0.1, 0.15) is 0 Å². The molecule has 0 atom stereocenters. The molecular weight excluding hydrogens is 280 g/mol. The van der Waals surface area contributed by atoms with Gasteiger partial charge in [-0.25, -0.2) is 0 Å². The summed E-state index contributed by atoms with van der Waals surface area (Å²) in [5, 5.41) is 5.22. The van der Waals surface area contributed by atoms with Gasteiger partial charge in [0.15, 0.2) is 0 Å². The summed E-state index contributed by atoms with van der Waals surface area (Å²) >= 11 is 0. The smallest absolute Gasteiger partial charge is 0.313 e. The largest absolute Gasteiger partial charge is 0.381 e. The first kappa shape index (κ1) is 18.2. The molecule has 0 fully saturated rings. The van der Waals surface area contributed by atoms with Crippen LogP contribution in [0.5, 0.6) is 0 Å². The lowest BCUT2D eigenvalue weighted by Gasteiger charge is -2.09. The zero-order chi connectivity index (χ0) is 16.4. The van der Waals surface area contributed by atoms with E-state index < -0.39 is 11.8 Å². The summed E-state index contributed by atoms with van der Waals surface area (Å²) in [6.07, 6.45) is 2.85. The summed E-state index contributed by atoms with van der Waals surface area (Å²) in [7, 11) is 0. The predicted molar refractivity (Wildman–Crippen MR) is 87.9 cm³/mol. The van der Waals surface area contributed by atoms with E-state index in [-0.39, 0.29) is 0 Å². The molecule has 5 nitrogen and oxygen atoms in total. The number of nitrogens with one attached hydrogen (secondary N) is 2. The van der Waals surface area contributed by atoms with Crippen molar-refractivity contribution in [3.05, 3.63) is 29.3 Å². The number of hydrogen-bond donors (Lipinski definition) is 2. The number of benzene rings is 1. The second kappa shape index (κ2) is 9.95. The Balaban J connectivity index is 2.26. The summed E-state index contributed by atoms with van der Waals surface area (Å²) in [6, 6.07) is 5.66. The lowest BCUT2D eigenvalue weighted by atomic mass is 10.1. The van der Waals surface area contributed by atoms with Crippen LogP contribution in [0.15, 0.2) is 18.2 Å². The third-order valence-electron chi connectivity index (χ3n) is 3.23. The summed E-state index contributed by atoms with van der Waals surface area (Å²) in [5.74, 6) is -1.26. The Morgan fingerprint density at radius 1 is 1.09 bits per heavy atom. The summed E-state index contributed by atoms with van der Waals surface area (Å²) in [6.45, 7) is 7.77. The predicted octanol–water partition coefficient (Wildman–Crippen LogP) is 2.56. The van der Waals surface area contributed by atoms with Gasteiger partial charge < -0.3 is 15.4 Å². The van der Waals surface area contributed by atoms with Gasteiger partial charge in [-0.3, -0.25) is 9.59 Å². The first-order valence-corrected chi connectivity index (χ1v) is 7.78. The van der Waals surface area contributed by atoms with E-state index in [1.165, 1.54) is 0 Å². The first-order valence-electron chi connectivity index (χ1n) is 7.78. The van der Waals surface area contributed by atoms with Crippen LogP contribution in [-0.4, -0.2) is 31.6 Å². The molecule has 0 aliphatic heterocycles. The quantitative estimate of drug-likeness (QED) is 0.573. The SMILES string of the molecule is CCCCOCCCNC(=O)C(=O)Nc1ccc(C)cc1C. The van der Waals surface area contributed by atoms with Crippen molar-refractivity contribution in [3.8, 4) is 0 Å². The number of ether oxygens (including phenoxy) is 1. The van der Waals surface area contributed by atoms with E-state index in [9.17, 15) is 9.59 Å². The average molecular weight is 306 g/mol. The zero-order valence-electron chi connectivity index (χ0n) is 13.7. The molecule has 22 heavy (non-hydrogen) atoms. The van der Waals surface area contributed by atoms with Crippen molar-refractivity contribution in [2.45, 2.75) is 40.0 Å². The number of amides is 2. The van der Waals surface area contributed by atoms with Crippen LogP contribution in [0.1, 0.15) is 37.3 Å². The molecule has 1 aromatic rings. The highest BCUT2D eigenvalue weighted by Crippen LogP contribution is 2.15. The van der Waals surface area contributed by atoms with Gasteiger partial charge in [-0.1, -0.05) is 31.0 Å². The summed E-state index contributed by atoms with van der Waals surface area (Å²) in [5.41, 5.74) is 2.71. The van der Waals surface area contributed by atoms with Crippen LogP contribution in [-0.2, 0) is 14.3 Å². The van der Waals surface area contributed by atoms with Crippen LogP contribution in [0.2, 0.25) is 0 Å². The van der Waals surface area contributed by atoms with E-state index in [1.807, 2.05) is 26.0 Å². The topological polar surface area (TPSA) is 67.4 Å². The standard InChI is InChI=1S/C17H26N2O3/c1-4-5-10-22-11-6-9-18-16(20)17(21)19-15-8-7-13(2)12-14(15)3/h7-8,12H,4-6,9-11H2,1-3H3,(H,18,20)(H,19,21). The second-order valence-corrected chi connectivity index (χ2v) is 5.35. The molecule has 0 spiro atoms. The molecule has 0 aromatic heterocycles. The number of rotatable bonds is 8. The van der Waals surface area contributed by atoms with E-state index in [0.717, 1.165) is 30.6 Å². The van der Waals surface area contributed by atoms with Gasteiger partial charge >= 0.3 is 11.8 Å². The van der Waals surface area contributed by atoms with Gasteiger partial charge in [0.05, 0.1) is 0 Å². The first-order chi connectivity index (χ1) is 10.5. The minimum Gasteiger partial charge on any atom is -0.381 e. The Kier molecular flexibility index (Phi) is 8.22. The Bertz CT molecular complexity index is 501. The number of anilines is 1. The average Bonchev–Trinajstić information content (AvgIpc) is 2.48. The molecule has 0 bridgehead atoms. The van der Waals surface area contributed by atoms with Gasteiger partial charge in [-0.2, -0.15) is 0 Å². The van der Waals surface area contributed by atoms with E-state index in [4.69, 9.17) is 4.74 Å². The van der Waals surface area contributed by atoms with Crippen LogP contribution >= 0.6 is 0 Å². The molecule has 0 aliphatic rings. The maximum absolute atomic E-state index is 11.8. The van der Waals surface area contributed by atoms with Crippen LogP contribution in [0.25, 0.3) is 0 Å². The minimum atomic E-state index is -0.640. The van der Waals surface area contributed by atoms with Crippen LogP contribution < -0.4 is 10.6 Å². The van der Waals surface area contributed by atoms with Crippen LogP contribution in [0.3, 0.4) is 0 Å². The van der Waals surface area contributed by atoms with Gasteiger partial charge in [0.2, 0.25) is 0 Å². The number of unbranched alkanes of at least 4 members (excludes halogenated alkanes) is 1. The molecule has 1 aromatic carbocycles. The van der Waals surface area contributed by atoms with Crippen LogP contribution in [0.4, 0.5) is 5.69 Å². The molecule has 0 unspecified atom stereocenters. The van der Waals surface area contributed by atoms with Gasteiger partial charge in [-0.15, -0.1) is 0 Å². The molecule has 2 amide bonds. The van der Waals surface area contributed by atoms with Crippen molar-refractivity contribution in [1.82, 2.24) is 5.32 Å². The molecule has 1 rings (SSSR count). The fourth-order valence-corrected chi connectivity index (χ4v) is 1.94. The van der Waals surface area contributed by atoms with Crippen molar-refractivity contribution >= 4 is 17.5 Å². The normalized spacial score (nSPS) is 10.3. The Hall–Kier alpha value is -1.88.